The molecular formula is C15H14N2O2S. The molecule has 102 valence electrons. The highest BCUT2D eigenvalue weighted by molar-refractivity contribution is 7.80. The van der Waals surface area contributed by atoms with Gasteiger partial charge in [-0.1, -0.05) is 6.07 Å². The number of aromatic nitrogens is 1. The van der Waals surface area contributed by atoms with E-state index in [0.29, 0.717) is 12.2 Å². The Morgan fingerprint density at radius 3 is 2.65 bits per heavy atom. The van der Waals surface area contributed by atoms with E-state index < -0.39 is 0 Å². The largest absolute Gasteiger partial charge is 0.466 e. The van der Waals surface area contributed by atoms with Crippen LogP contribution in [0.5, 0.6) is 0 Å². The third-order valence-electron chi connectivity index (χ3n) is 2.63. The van der Waals surface area contributed by atoms with Crippen molar-refractivity contribution in [2.24, 2.45) is 0 Å². The van der Waals surface area contributed by atoms with E-state index in [2.05, 4.69) is 10.3 Å². The van der Waals surface area contributed by atoms with Crippen molar-refractivity contribution in [3.05, 3.63) is 59.9 Å². The molecular weight excluding hydrogens is 272 g/mol. The summed E-state index contributed by atoms with van der Waals surface area (Å²) in [5.41, 5.74) is 2.40. The number of ether oxygens (including phenoxy) is 1. The molecule has 2 aromatic rings. The predicted octanol–water partition coefficient (Wildman–Crippen LogP) is 3.20. The quantitative estimate of drug-likeness (QED) is 0.691. The number of benzene rings is 1. The molecule has 1 N–H and O–H groups in total. The number of carbonyl (C=O) groups excluding carboxylic acids is 1. The number of rotatable bonds is 4. The molecule has 0 aliphatic carbocycles. The van der Waals surface area contributed by atoms with Gasteiger partial charge in [0.25, 0.3) is 5.17 Å². The van der Waals surface area contributed by atoms with Crippen molar-refractivity contribution in [2.75, 3.05) is 5.32 Å². The Balaban J connectivity index is 1.86. The second-order valence-corrected chi connectivity index (χ2v) is 4.57. The summed E-state index contributed by atoms with van der Waals surface area (Å²) in [6.45, 7) is 1.90. The van der Waals surface area contributed by atoms with Crippen LogP contribution in [0.1, 0.15) is 22.8 Å². The molecule has 20 heavy (non-hydrogen) atoms. The number of ketones is 1. The second kappa shape index (κ2) is 6.77. The number of nitrogens with zero attached hydrogens (tertiary/aromatic N) is 1. The molecule has 0 saturated heterocycles. The SMILES string of the molecule is CC(=O)c1ccc(NC(=S)OCc2cccnc2)cc1. The van der Waals surface area contributed by atoms with Crippen LogP contribution in [-0.4, -0.2) is 15.9 Å². The average molecular weight is 286 g/mol. The maximum absolute atomic E-state index is 11.2. The lowest BCUT2D eigenvalue weighted by Crippen LogP contribution is -2.13. The van der Waals surface area contributed by atoms with Gasteiger partial charge in [0.2, 0.25) is 0 Å². The summed E-state index contributed by atoms with van der Waals surface area (Å²) in [6, 6.07) is 10.8. The third kappa shape index (κ3) is 4.13. The number of thiocarbonyl (C=S) groups is 1. The van der Waals surface area contributed by atoms with E-state index in [0.717, 1.165) is 11.3 Å². The van der Waals surface area contributed by atoms with E-state index in [1.165, 1.54) is 6.92 Å². The zero-order chi connectivity index (χ0) is 14.4. The smallest absolute Gasteiger partial charge is 0.261 e. The van der Waals surface area contributed by atoms with E-state index in [-0.39, 0.29) is 11.0 Å². The molecule has 0 radical (unpaired) electrons. The average Bonchev–Trinajstić information content (AvgIpc) is 2.47. The lowest BCUT2D eigenvalue weighted by Gasteiger charge is -2.09. The Labute approximate surface area is 122 Å². The van der Waals surface area contributed by atoms with Crippen LogP contribution in [0.4, 0.5) is 5.69 Å². The Hall–Kier alpha value is -2.27. The molecule has 0 bridgehead atoms. The van der Waals surface area contributed by atoms with Gasteiger partial charge in [-0.15, -0.1) is 0 Å². The Morgan fingerprint density at radius 2 is 2.05 bits per heavy atom. The van der Waals surface area contributed by atoms with Crippen molar-refractivity contribution in [2.45, 2.75) is 13.5 Å². The molecule has 1 heterocycles. The van der Waals surface area contributed by atoms with Gasteiger partial charge >= 0.3 is 0 Å². The lowest BCUT2D eigenvalue weighted by molar-refractivity contribution is 0.101. The molecule has 0 saturated carbocycles. The lowest BCUT2D eigenvalue weighted by atomic mass is 10.1. The fourth-order valence-electron chi connectivity index (χ4n) is 1.57. The minimum atomic E-state index is 0.0342. The molecule has 1 aromatic carbocycles. The topological polar surface area (TPSA) is 51.2 Å². The highest BCUT2D eigenvalue weighted by Gasteiger charge is 2.02. The number of nitrogens with one attached hydrogen (secondary N) is 1. The van der Waals surface area contributed by atoms with Crippen molar-refractivity contribution in [1.82, 2.24) is 4.98 Å². The van der Waals surface area contributed by atoms with Crippen LogP contribution in [0.15, 0.2) is 48.8 Å². The normalized spacial score (nSPS) is 9.85. The highest BCUT2D eigenvalue weighted by Crippen LogP contribution is 2.11. The molecule has 5 heteroatoms. The fourth-order valence-corrected chi connectivity index (χ4v) is 1.75. The minimum Gasteiger partial charge on any atom is -0.466 e. The zero-order valence-corrected chi connectivity index (χ0v) is 11.8. The zero-order valence-electron chi connectivity index (χ0n) is 11.0. The van der Waals surface area contributed by atoms with Crippen LogP contribution in [0, 0.1) is 0 Å². The third-order valence-corrected chi connectivity index (χ3v) is 2.85. The van der Waals surface area contributed by atoms with Gasteiger partial charge in [-0.25, -0.2) is 0 Å². The van der Waals surface area contributed by atoms with Crippen molar-refractivity contribution >= 4 is 28.9 Å². The van der Waals surface area contributed by atoms with Crippen LogP contribution < -0.4 is 5.32 Å². The van der Waals surface area contributed by atoms with Gasteiger partial charge in [-0.05, 0) is 49.5 Å². The van der Waals surface area contributed by atoms with E-state index >= 15 is 0 Å². The van der Waals surface area contributed by atoms with Crippen LogP contribution in [0.3, 0.4) is 0 Å². The number of hydrogen-bond acceptors (Lipinski definition) is 4. The second-order valence-electron chi connectivity index (χ2n) is 4.20. The summed E-state index contributed by atoms with van der Waals surface area (Å²) in [5.74, 6) is 0.0342. The van der Waals surface area contributed by atoms with Crippen LogP contribution in [-0.2, 0) is 11.3 Å². The van der Waals surface area contributed by atoms with Gasteiger partial charge in [0, 0.05) is 29.2 Å². The molecule has 0 spiro atoms. The fraction of sp³-hybridized carbons (Fsp3) is 0.133. The summed E-state index contributed by atoms with van der Waals surface area (Å²) in [7, 11) is 0. The summed E-state index contributed by atoms with van der Waals surface area (Å²) < 4.78 is 5.42. The van der Waals surface area contributed by atoms with Crippen LogP contribution in [0.25, 0.3) is 0 Å². The molecule has 0 aliphatic heterocycles. The molecule has 0 aliphatic rings. The van der Waals surface area contributed by atoms with Gasteiger partial charge in [0.1, 0.15) is 6.61 Å². The van der Waals surface area contributed by atoms with Gasteiger partial charge in [0.05, 0.1) is 0 Å². The Morgan fingerprint density at radius 1 is 1.30 bits per heavy atom. The summed E-state index contributed by atoms with van der Waals surface area (Å²) in [4.78, 5) is 15.2. The van der Waals surface area contributed by atoms with Gasteiger partial charge in [-0.2, -0.15) is 0 Å². The van der Waals surface area contributed by atoms with Crippen molar-refractivity contribution in [3.63, 3.8) is 0 Å². The van der Waals surface area contributed by atoms with Crippen molar-refractivity contribution in [1.29, 1.82) is 0 Å². The molecule has 0 atom stereocenters. The molecule has 4 nitrogen and oxygen atoms in total. The van der Waals surface area contributed by atoms with E-state index in [1.807, 2.05) is 12.1 Å². The number of Topliss-reactive ketones (excluding diaryl/α,β-unsaturated/α-hetero) is 1. The number of carbonyl (C=O) groups is 1. The first-order valence-corrected chi connectivity index (χ1v) is 6.49. The van der Waals surface area contributed by atoms with Crippen LogP contribution >= 0.6 is 12.2 Å². The molecule has 0 fully saturated rings. The van der Waals surface area contributed by atoms with Crippen LogP contribution in [0.2, 0.25) is 0 Å². The highest BCUT2D eigenvalue weighted by atomic mass is 32.1. The van der Waals surface area contributed by atoms with E-state index in [1.54, 1.807) is 36.7 Å². The minimum absolute atomic E-state index is 0.0342. The summed E-state index contributed by atoms with van der Waals surface area (Å²) in [5, 5.41) is 3.24. The van der Waals surface area contributed by atoms with Gasteiger partial charge < -0.3 is 10.1 Å². The molecule has 2 rings (SSSR count). The maximum Gasteiger partial charge on any atom is 0.261 e. The number of pyridine rings is 1. The first-order chi connectivity index (χ1) is 9.65. The van der Waals surface area contributed by atoms with Gasteiger partial charge in [-0.3, -0.25) is 9.78 Å². The Kier molecular flexibility index (Phi) is 4.79. The monoisotopic (exact) mass is 286 g/mol. The molecule has 1 aromatic heterocycles. The number of anilines is 1. The number of hydrogen-bond donors (Lipinski definition) is 1. The Bertz CT molecular complexity index is 597. The summed E-state index contributed by atoms with van der Waals surface area (Å²) >= 11 is 5.10. The van der Waals surface area contributed by atoms with Crippen molar-refractivity contribution < 1.29 is 9.53 Å². The van der Waals surface area contributed by atoms with Crippen molar-refractivity contribution in [3.8, 4) is 0 Å². The maximum atomic E-state index is 11.2. The summed E-state index contributed by atoms with van der Waals surface area (Å²) in [6.07, 6.45) is 3.43. The van der Waals surface area contributed by atoms with Gasteiger partial charge in [0.15, 0.2) is 5.78 Å². The first-order valence-electron chi connectivity index (χ1n) is 6.09. The van der Waals surface area contributed by atoms with E-state index in [4.69, 9.17) is 17.0 Å². The first kappa shape index (κ1) is 14.1. The predicted molar refractivity (Wildman–Crippen MR) is 81.7 cm³/mol. The van der Waals surface area contributed by atoms with E-state index in [9.17, 15) is 4.79 Å². The molecule has 0 amide bonds. The standard InChI is InChI=1S/C15H14N2O2S/c1-11(18)13-4-6-14(7-5-13)17-15(20)19-10-12-3-2-8-16-9-12/h2-9H,10H2,1H3,(H,17,20). The molecule has 0 unspecified atom stereocenters.